The van der Waals surface area contributed by atoms with Crippen molar-refractivity contribution in [3.05, 3.63) is 0 Å². The summed E-state index contributed by atoms with van der Waals surface area (Å²) in [6.45, 7) is 0. The van der Waals surface area contributed by atoms with E-state index in [1.807, 2.05) is 0 Å². The minimum atomic E-state index is -4.67. The second kappa shape index (κ2) is 6.70. The molecule has 0 saturated heterocycles. The van der Waals surface area contributed by atoms with E-state index in [0.717, 1.165) is 7.11 Å². The number of carbonyl (C=O) groups excluding carboxylic acids is 2. The molecule has 0 saturated carbocycles. The van der Waals surface area contributed by atoms with E-state index in [-0.39, 0.29) is 36.0 Å². The maximum absolute atomic E-state index is 10.5. The van der Waals surface area contributed by atoms with Crippen LogP contribution in [0.2, 0.25) is 0 Å². The summed E-state index contributed by atoms with van der Waals surface area (Å²) in [7, 11) is -3.54. The average Bonchev–Trinajstić information content (AvgIpc) is 1.97. The zero-order valence-corrected chi connectivity index (χ0v) is 10.3. The summed E-state index contributed by atoms with van der Waals surface area (Å²) in [4.78, 5) is 37.5. The van der Waals surface area contributed by atoms with E-state index in [2.05, 4.69) is 4.74 Å². The van der Waals surface area contributed by atoms with Gasteiger partial charge in [0.1, 0.15) is 0 Å². The van der Waals surface area contributed by atoms with Crippen molar-refractivity contribution in [3.63, 3.8) is 0 Å². The molecule has 0 rings (SSSR count). The summed E-state index contributed by atoms with van der Waals surface area (Å²) in [6, 6.07) is 0. The first kappa shape index (κ1) is 15.7. The monoisotopic (exact) mass is 219 g/mol. The van der Waals surface area contributed by atoms with E-state index in [1.54, 1.807) is 0 Å². The van der Waals surface area contributed by atoms with Crippen molar-refractivity contribution in [2.45, 2.75) is 12.8 Å². The van der Waals surface area contributed by atoms with Gasteiger partial charge in [-0.2, -0.15) is 0 Å². The molecule has 2 N–H and O–H groups in total. The zero-order chi connectivity index (χ0) is 9.78. The molecule has 0 aromatic rings. The Kier molecular flexibility index (Phi) is 8.12. The molecule has 6 nitrogen and oxygen atoms in total. The first-order valence-electron chi connectivity index (χ1n) is 3.03. The van der Waals surface area contributed by atoms with E-state index >= 15 is 0 Å². The van der Waals surface area contributed by atoms with Crippen LogP contribution in [0.5, 0.6) is 0 Å². The molecular formula is C5H9NaO6P. The van der Waals surface area contributed by atoms with Crippen molar-refractivity contribution < 1.29 is 28.7 Å². The third-order valence-corrected chi connectivity index (χ3v) is 1.97. The Hall–Kier alpha value is 0.290. The maximum Gasteiger partial charge on any atom is 0.391 e. The second-order valence-corrected chi connectivity index (χ2v) is 3.60. The average molecular weight is 219 g/mol. The largest absolute Gasteiger partial charge is 0.469 e. The van der Waals surface area contributed by atoms with Crippen LogP contribution in [0.1, 0.15) is 12.8 Å². The van der Waals surface area contributed by atoms with Crippen molar-refractivity contribution in [3.8, 4) is 0 Å². The number of carbonyl (C=O) groups is 2. The van der Waals surface area contributed by atoms with Gasteiger partial charge in [0.2, 0.25) is 5.52 Å². The molecular weight excluding hydrogens is 210 g/mol. The minimum Gasteiger partial charge on any atom is -0.469 e. The van der Waals surface area contributed by atoms with Gasteiger partial charge in [0.25, 0.3) is 0 Å². The number of esters is 1. The fraction of sp³-hybridized carbons (Fsp3) is 0.600. The Morgan fingerprint density at radius 2 is 1.77 bits per heavy atom. The molecule has 0 bridgehead atoms. The van der Waals surface area contributed by atoms with Gasteiger partial charge in [-0.1, -0.05) is 0 Å². The predicted molar refractivity (Wildman–Crippen MR) is 44.1 cm³/mol. The van der Waals surface area contributed by atoms with Gasteiger partial charge in [0, 0.05) is 36.0 Å². The van der Waals surface area contributed by atoms with Gasteiger partial charge in [0.05, 0.1) is 13.5 Å². The fourth-order valence-corrected chi connectivity index (χ4v) is 0.860. The molecule has 0 aromatic heterocycles. The van der Waals surface area contributed by atoms with Crippen LogP contribution in [0.3, 0.4) is 0 Å². The number of rotatable bonds is 4. The molecule has 0 aliphatic rings. The van der Waals surface area contributed by atoms with Crippen LogP contribution in [0.4, 0.5) is 0 Å². The molecule has 0 unspecified atom stereocenters. The summed E-state index contributed by atoms with van der Waals surface area (Å²) < 4.78 is 14.4. The molecule has 1 radical (unpaired) electrons. The number of methoxy groups -OCH3 is 1. The summed E-state index contributed by atoms with van der Waals surface area (Å²) in [6.07, 6.45) is -0.794. The van der Waals surface area contributed by atoms with Crippen molar-refractivity contribution in [1.29, 1.82) is 0 Å². The van der Waals surface area contributed by atoms with E-state index in [9.17, 15) is 14.2 Å². The number of hydrogen-bond donors (Lipinski definition) is 2. The number of hydrogen-bond acceptors (Lipinski definition) is 4. The Morgan fingerprint density at radius 3 is 2.08 bits per heavy atom. The number of ether oxygens (including phenoxy) is 1. The summed E-state index contributed by atoms with van der Waals surface area (Å²) >= 11 is 0. The fourth-order valence-electron chi connectivity index (χ4n) is 0.457. The van der Waals surface area contributed by atoms with Gasteiger partial charge >= 0.3 is 13.6 Å². The van der Waals surface area contributed by atoms with Crippen LogP contribution < -0.4 is 0 Å². The second-order valence-electron chi connectivity index (χ2n) is 2.01. The molecule has 8 heteroatoms. The van der Waals surface area contributed by atoms with E-state index < -0.39 is 25.5 Å². The Balaban J connectivity index is 0. The van der Waals surface area contributed by atoms with E-state index in [1.165, 1.54) is 0 Å². The van der Waals surface area contributed by atoms with Crippen LogP contribution in [-0.2, 0) is 18.9 Å². The zero-order valence-electron chi connectivity index (χ0n) is 7.39. The van der Waals surface area contributed by atoms with Crippen molar-refractivity contribution in [2.24, 2.45) is 0 Å². The summed E-state index contributed by atoms with van der Waals surface area (Å²) in [5, 5.41) is 0. The van der Waals surface area contributed by atoms with E-state index in [4.69, 9.17) is 9.79 Å². The predicted octanol–water partition coefficient (Wildman–Crippen LogP) is -0.737. The minimum absolute atomic E-state index is 0. The topological polar surface area (TPSA) is 101 Å². The van der Waals surface area contributed by atoms with Gasteiger partial charge in [-0.3, -0.25) is 14.2 Å². The summed E-state index contributed by atoms with van der Waals surface area (Å²) in [5.74, 6) is -0.670. The van der Waals surface area contributed by atoms with Gasteiger partial charge in [-0.25, -0.2) is 0 Å². The molecule has 0 amide bonds. The van der Waals surface area contributed by atoms with Crippen LogP contribution in [0.25, 0.3) is 0 Å². The molecule has 0 aromatic carbocycles. The first-order valence-corrected chi connectivity index (χ1v) is 4.65. The normalized spacial score (nSPS) is 10.1. The molecule has 71 valence electrons. The first-order chi connectivity index (χ1) is 5.38. The molecule has 0 fully saturated rings. The molecule has 0 aliphatic heterocycles. The van der Waals surface area contributed by atoms with Gasteiger partial charge in [-0.05, 0) is 0 Å². The maximum atomic E-state index is 10.5. The van der Waals surface area contributed by atoms with Gasteiger partial charge in [-0.15, -0.1) is 0 Å². The SMILES string of the molecule is COC(=O)CCC(=O)P(=O)(O)O.[Na]. The Morgan fingerprint density at radius 1 is 1.31 bits per heavy atom. The van der Waals surface area contributed by atoms with Crippen LogP contribution >= 0.6 is 7.60 Å². The van der Waals surface area contributed by atoms with Gasteiger partial charge in [0.15, 0.2) is 0 Å². The van der Waals surface area contributed by atoms with Crippen molar-refractivity contribution in [2.75, 3.05) is 7.11 Å². The summed E-state index contributed by atoms with van der Waals surface area (Å²) in [5.41, 5.74) is -1.24. The van der Waals surface area contributed by atoms with Gasteiger partial charge < -0.3 is 14.5 Å². The van der Waals surface area contributed by atoms with Crippen LogP contribution in [-0.4, -0.2) is 57.9 Å². The Labute approximate surface area is 97.1 Å². The van der Waals surface area contributed by atoms with Crippen LogP contribution in [0.15, 0.2) is 0 Å². The molecule has 13 heavy (non-hydrogen) atoms. The van der Waals surface area contributed by atoms with Crippen LogP contribution in [0, 0.1) is 0 Å². The molecule has 0 heterocycles. The van der Waals surface area contributed by atoms with E-state index in [0.29, 0.717) is 0 Å². The molecule has 0 atom stereocenters. The Bertz CT molecular complexity index is 233. The third kappa shape index (κ3) is 7.37. The third-order valence-electron chi connectivity index (χ3n) is 1.10. The molecule has 0 spiro atoms. The quantitative estimate of drug-likeness (QED) is 0.367. The van der Waals surface area contributed by atoms with Crippen molar-refractivity contribution in [1.82, 2.24) is 0 Å². The smallest absolute Gasteiger partial charge is 0.391 e. The van der Waals surface area contributed by atoms with Crippen molar-refractivity contribution >= 4 is 48.6 Å². The standard InChI is InChI=1S/C5H9O6P.Na/c1-11-4(6)2-3-5(7)12(8,9)10;/h2-3H2,1H3,(H2,8,9,10);. The molecule has 0 aliphatic carbocycles.